The molecule has 2 aromatic rings. The molecule has 0 saturated heterocycles. The van der Waals surface area contributed by atoms with Crippen molar-refractivity contribution in [1.82, 2.24) is 0 Å². The molecule has 0 unspecified atom stereocenters. The molecule has 0 fully saturated rings. The molecule has 0 atom stereocenters. The van der Waals surface area contributed by atoms with Gasteiger partial charge in [0.25, 0.3) is 0 Å². The van der Waals surface area contributed by atoms with Crippen molar-refractivity contribution in [3.8, 4) is 10.0 Å². The van der Waals surface area contributed by atoms with Crippen molar-refractivity contribution in [1.29, 1.82) is 0 Å². The Morgan fingerprint density at radius 1 is 1.08 bits per heavy atom. The van der Waals surface area contributed by atoms with Crippen molar-refractivity contribution < 1.29 is 0 Å². The van der Waals surface area contributed by atoms with E-state index < -0.39 is 0 Å². The summed E-state index contributed by atoms with van der Waals surface area (Å²) < 4.78 is 2.70. The third-order valence-electron chi connectivity index (χ3n) is 1.93. The first-order valence-corrected chi connectivity index (χ1v) is 6.71. The Morgan fingerprint density at radius 3 is 2.31 bits per heavy atom. The van der Waals surface area contributed by atoms with Gasteiger partial charge in [-0.15, -0.1) is 0 Å². The van der Waals surface area contributed by atoms with E-state index in [1.807, 2.05) is 0 Å². The Kier molecular flexibility index (Phi) is 2.73. The molecule has 1 aromatic carbocycles. The summed E-state index contributed by atoms with van der Waals surface area (Å²) in [6.45, 7) is 2.12. The summed E-state index contributed by atoms with van der Waals surface area (Å²) in [6, 6.07) is 10.9. The minimum atomic E-state index is 0.508. The average Bonchev–Trinajstić information content (AvgIpc) is 2.53. The van der Waals surface area contributed by atoms with E-state index in [1.54, 1.807) is 0 Å². The van der Waals surface area contributed by atoms with E-state index >= 15 is 0 Å². The molecule has 0 bridgehead atoms. The van der Waals surface area contributed by atoms with Crippen molar-refractivity contribution in [3.63, 3.8) is 0 Å². The fourth-order valence-corrected chi connectivity index (χ4v) is 4.11. The van der Waals surface area contributed by atoms with Gasteiger partial charge in [0.05, 0.1) is 0 Å². The maximum absolute atomic E-state index is 3.57. The van der Waals surface area contributed by atoms with Crippen LogP contribution in [0.3, 0.4) is 0 Å². The average molecular weight is 300 g/mol. The van der Waals surface area contributed by atoms with E-state index in [1.165, 1.54) is 20.0 Å². The number of hydrogen-bond donors (Lipinski definition) is 0. The molecule has 0 aliphatic carbocycles. The van der Waals surface area contributed by atoms with Gasteiger partial charge < -0.3 is 0 Å². The molecule has 0 radical (unpaired) electrons. The first-order chi connectivity index (χ1) is 6.27. The van der Waals surface area contributed by atoms with Crippen molar-refractivity contribution in [2.45, 2.75) is 6.92 Å². The number of rotatable bonds is 1. The topological polar surface area (TPSA) is 0 Å². The van der Waals surface area contributed by atoms with Gasteiger partial charge in [-0.3, -0.25) is 0 Å². The van der Waals surface area contributed by atoms with Crippen LogP contribution in [0.5, 0.6) is 0 Å². The van der Waals surface area contributed by atoms with Crippen LogP contribution in [0, 0.1) is 6.92 Å². The quantitative estimate of drug-likeness (QED) is 0.707. The summed E-state index contributed by atoms with van der Waals surface area (Å²) in [6.07, 6.45) is 0. The van der Waals surface area contributed by atoms with Gasteiger partial charge in [0.2, 0.25) is 0 Å². The van der Waals surface area contributed by atoms with E-state index in [-0.39, 0.29) is 0 Å². The van der Waals surface area contributed by atoms with E-state index in [4.69, 9.17) is 0 Å². The van der Waals surface area contributed by atoms with E-state index in [0.717, 1.165) is 0 Å². The van der Waals surface area contributed by atoms with Crippen LogP contribution in [0.1, 0.15) is 5.56 Å². The predicted octanol–water partition coefficient (Wildman–Crippen LogP) is 3.48. The number of halogens is 1. The van der Waals surface area contributed by atoms with Gasteiger partial charge in [0, 0.05) is 0 Å². The summed E-state index contributed by atoms with van der Waals surface area (Å²) in [7, 11) is 0. The minimum absolute atomic E-state index is 0.508. The zero-order valence-corrected chi connectivity index (χ0v) is 10.5. The molecule has 2 rings (SSSR count). The van der Waals surface area contributed by atoms with Gasteiger partial charge in [0.1, 0.15) is 0 Å². The molecule has 1 heterocycles. The van der Waals surface area contributed by atoms with Crippen LogP contribution in [0.25, 0.3) is 10.0 Å². The zero-order valence-electron chi connectivity index (χ0n) is 7.25. The maximum atomic E-state index is 3.57. The van der Waals surface area contributed by atoms with Gasteiger partial charge >= 0.3 is 92.7 Å². The molecular weight excluding hydrogens is 291 g/mol. The summed E-state index contributed by atoms with van der Waals surface area (Å²) >= 11 is 4.08. The molecule has 66 valence electrons. The second-order valence-corrected chi connectivity index (χ2v) is 5.74. The first kappa shape index (κ1) is 9.26. The van der Waals surface area contributed by atoms with Crippen molar-refractivity contribution in [2.75, 3.05) is 0 Å². The normalized spacial score (nSPS) is 10.3. The summed E-state index contributed by atoms with van der Waals surface area (Å²) in [4.78, 5) is 2.24. The van der Waals surface area contributed by atoms with Crippen LogP contribution in [0.15, 0.2) is 39.7 Å². The van der Waals surface area contributed by atoms with E-state index in [9.17, 15) is 0 Å². The molecular formula is C11H9BrSe. The summed E-state index contributed by atoms with van der Waals surface area (Å²) in [5.74, 6) is 0. The number of benzene rings is 1. The first-order valence-electron chi connectivity index (χ1n) is 4.07. The van der Waals surface area contributed by atoms with Gasteiger partial charge in [-0.05, 0) is 0 Å². The number of hydrogen-bond acceptors (Lipinski definition) is 0. The Hall–Kier alpha value is -0.301. The van der Waals surface area contributed by atoms with Crippen LogP contribution in [-0.2, 0) is 0 Å². The van der Waals surface area contributed by atoms with Crippen molar-refractivity contribution >= 4 is 30.4 Å². The SMILES string of the molecule is Cc1ccc(-c2[se]ccc2Br)cc1. The number of aryl methyl sites for hydroxylation is 1. The Morgan fingerprint density at radius 2 is 1.77 bits per heavy atom. The molecule has 1 aromatic heterocycles. The van der Waals surface area contributed by atoms with Crippen LogP contribution in [0.4, 0.5) is 0 Å². The second-order valence-electron chi connectivity index (χ2n) is 2.96. The summed E-state index contributed by atoms with van der Waals surface area (Å²) in [5, 5.41) is 0. The fourth-order valence-electron chi connectivity index (χ4n) is 1.20. The monoisotopic (exact) mass is 300 g/mol. The molecule has 0 aliphatic rings. The molecule has 0 spiro atoms. The Bertz CT molecular complexity index is 400. The van der Waals surface area contributed by atoms with E-state index in [0.29, 0.717) is 14.5 Å². The standard InChI is InChI=1S/C11H9BrSe/c1-8-2-4-9(5-3-8)11-10(12)6-7-13-11/h2-7H,1H3. The van der Waals surface area contributed by atoms with Crippen LogP contribution < -0.4 is 0 Å². The molecule has 0 amide bonds. The Labute approximate surface area is 92.5 Å². The van der Waals surface area contributed by atoms with Crippen molar-refractivity contribution in [2.24, 2.45) is 0 Å². The zero-order chi connectivity index (χ0) is 9.26. The van der Waals surface area contributed by atoms with Gasteiger partial charge in [-0.2, -0.15) is 0 Å². The molecule has 0 aliphatic heterocycles. The molecule has 0 nitrogen and oxygen atoms in total. The molecule has 0 N–H and O–H groups in total. The van der Waals surface area contributed by atoms with Crippen LogP contribution in [-0.4, -0.2) is 14.5 Å². The molecule has 2 heteroatoms. The van der Waals surface area contributed by atoms with Crippen molar-refractivity contribution in [3.05, 3.63) is 45.3 Å². The molecule has 0 saturated carbocycles. The fraction of sp³-hybridized carbons (Fsp3) is 0.0909. The van der Waals surface area contributed by atoms with Crippen LogP contribution in [0.2, 0.25) is 0 Å². The van der Waals surface area contributed by atoms with Gasteiger partial charge in [-0.1, -0.05) is 0 Å². The van der Waals surface area contributed by atoms with Gasteiger partial charge in [-0.25, -0.2) is 0 Å². The van der Waals surface area contributed by atoms with Gasteiger partial charge in [0.15, 0.2) is 0 Å². The van der Waals surface area contributed by atoms with E-state index in [2.05, 4.69) is 58.1 Å². The summed E-state index contributed by atoms with van der Waals surface area (Å²) in [5.41, 5.74) is 2.67. The van der Waals surface area contributed by atoms with Crippen LogP contribution >= 0.6 is 15.9 Å². The molecule has 13 heavy (non-hydrogen) atoms. The second kappa shape index (κ2) is 3.83. The third kappa shape index (κ3) is 1.96. The Balaban J connectivity index is 2.47. The third-order valence-corrected chi connectivity index (χ3v) is 5.20. The predicted molar refractivity (Wildman–Crippen MR) is 61.3 cm³/mol.